The number of carbonyl (C=O) groups is 1. The molecule has 0 heterocycles. The number of carbonyl (C=O) groups excluding carboxylic acids is 1. The minimum atomic E-state index is -0.186. The largest absolute Gasteiger partial charge is 0.369 e. The van der Waals surface area contributed by atoms with E-state index < -0.39 is 0 Å². The van der Waals surface area contributed by atoms with E-state index in [1.54, 1.807) is 13.0 Å². The summed E-state index contributed by atoms with van der Waals surface area (Å²) in [7, 11) is 0. The minimum Gasteiger partial charge on any atom is -0.369 e. The molecule has 3 aromatic rings. The molecule has 140 valence electrons. The topological polar surface area (TPSA) is 106 Å². The van der Waals surface area contributed by atoms with Crippen molar-refractivity contribution in [2.24, 2.45) is 21.7 Å². The van der Waals surface area contributed by atoms with Crippen molar-refractivity contribution in [3.8, 4) is 11.1 Å². The third kappa shape index (κ3) is 4.82. The molecule has 0 aromatic heterocycles. The first-order valence-corrected chi connectivity index (χ1v) is 8.73. The van der Waals surface area contributed by atoms with Crippen molar-refractivity contribution in [2.75, 3.05) is 5.32 Å². The Labute approximate surface area is 163 Å². The van der Waals surface area contributed by atoms with Gasteiger partial charge in [0.2, 0.25) is 5.96 Å². The second kappa shape index (κ2) is 8.64. The van der Waals surface area contributed by atoms with E-state index in [1.807, 2.05) is 72.8 Å². The van der Waals surface area contributed by atoms with Gasteiger partial charge in [-0.3, -0.25) is 4.79 Å². The van der Waals surface area contributed by atoms with Crippen LogP contribution in [0.25, 0.3) is 11.1 Å². The summed E-state index contributed by atoms with van der Waals surface area (Å²) in [6.45, 7) is 1.79. The van der Waals surface area contributed by atoms with Crippen LogP contribution in [0.15, 0.2) is 89.1 Å². The second-order valence-electron chi connectivity index (χ2n) is 6.19. The summed E-state index contributed by atoms with van der Waals surface area (Å²) in [6.07, 6.45) is 0. The summed E-state index contributed by atoms with van der Waals surface area (Å²) in [5, 5.41) is 10.5. The van der Waals surface area contributed by atoms with E-state index >= 15 is 0 Å². The van der Waals surface area contributed by atoms with Gasteiger partial charge in [-0.2, -0.15) is 5.10 Å². The summed E-state index contributed by atoms with van der Waals surface area (Å²) >= 11 is 0. The number of nitrogens with two attached hydrogens (primary N) is 2. The zero-order chi connectivity index (χ0) is 19.9. The summed E-state index contributed by atoms with van der Waals surface area (Å²) in [6, 6.07) is 24.8. The number of hydrogen-bond donors (Lipinski definition) is 3. The van der Waals surface area contributed by atoms with E-state index in [0.717, 1.165) is 16.7 Å². The Morgan fingerprint density at radius 2 is 1.46 bits per heavy atom. The average molecular weight is 371 g/mol. The van der Waals surface area contributed by atoms with Gasteiger partial charge in [0.05, 0.1) is 5.71 Å². The Morgan fingerprint density at radius 3 is 2.21 bits per heavy atom. The van der Waals surface area contributed by atoms with Gasteiger partial charge in [-0.05, 0) is 47.9 Å². The number of amides is 1. The lowest BCUT2D eigenvalue weighted by atomic mass is 10.0. The number of benzene rings is 3. The SMILES string of the molecule is CC(=NN=C(N)N)c1cccc(NC(=O)c2cccc(-c3ccccc3)c2)c1. The van der Waals surface area contributed by atoms with Crippen LogP contribution in [0.2, 0.25) is 0 Å². The molecular weight excluding hydrogens is 350 g/mol. The van der Waals surface area contributed by atoms with Gasteiger partial charge < -0.3 is 16.8 Å². The van der Waals surface area contributed by atoms with Gasteiger partial charge in [0.1, 0.15) is 0 Å². The van der Waals surface area contributed by atoms with Crippen molar-refractivity contribution in [3.05, 3.63) is 90.0 Å². The molecule has 5 N–H and O–H groups in total. The van der Waals surface area contributed by atoms with E-state index in [9.17, 15) is 4.79 Å². The first-order chi connectivity index (χ1) is 13.5. The molecule has 0 bridgehead atoms. The average Bonchev–Trinajstić information content (AvgIpc) is 2.73. The number of anilines is 1. The number of nitrogens with one attached hydrogen (secondary N) is 1. The molecule has 0 atom stereocenters. The number of hydrogen-bond acceptors (Lipinski definition) is 3. The summed E-state index contributed by atoms with van der Waals surface area (Å²) in [5.74, 6) is -0.296. The molecule has 3 rings (SSSR count). The van der Waals surface area contributed by atoms with Crippen molar-refractivity contribution in [1.29, 1.82) is 0 Å². The molecular formula is C22H21N5O. The fourth-order valence-corrected chi connectivity index (χ4v) is 2.69. The lowest BCUT2D eigenvalue weighted by Crippen LogP contribution is -2.22. The highest BCUT2D eigenvalue weighted by molar-refractivity contribution is 6.06. The summed E-state index contributed by atoms with van der Waals surface area (Å²) in [4.78, 5) is 12.7. The molecule has 6 nitrogen and oxygen atoms in total. The van der Waals surface area contributed by atoms with Gasteiger partial charge >= 0.3 is 0 Å². The predicted octanol–water partition coefficient (Wildman–Crippen LogP) is 3.60. The molecule has 0 spiro atoms. The zero-order valence-electron chi connectivity index (χ0n) is 15.5. The van der Waals surface area contributed by atoms with Crippen molar-refractivity contribution in [1.82, 2.24) is 0 Å². The van der Waals surface area contributed by atoms with Crippen molar-refractivity contribution in [3.63, 3.8) is 0 Å². The molecule has 28 heavy (non-hydrogen) atoms. The lowest BCUT2D eigenvalue weighted by molar-refractivity contribution is 0.102. The quantitative estimate of drug-likeness (QED) is 0.362. The van der Waals surface area contributed by atoms with Gasteiger partial charge in [-0.1, -0.05) is 54.6 Å². The van der Waals surface area contributed by atoms with Crippen LogP contribution in [0.5, 0.6) is 0 Å². The maximum Gasteiger partial charge on any atom is 0.255 e. The first kappa shape index (κ1) is 18.8. The van der Waals surface area contributed by atoms with Crippen molar-refractivity contribution < 1.29 is 4.79 Å². The van der Waals surface area contributed by atoms with Gasteiger partial charge in [0.15, 0.2) is 0 Å². The Balaban J connectivity index is 1.80. The van der Waals surface area contributed by atoms with Gasteiger partial charge in [0, 0.05) is 11.3 Å². The highest BCUT2D eigenvalue weighted by atomic mass is 16.1. The van der Waals surface area contributed by atoms with Crippen molar-refractivity contribution >= 4 is 23.3 Å². The monoisotopic (exact) mass is 371 g/mol. The van der Waals surface area contributed by atoms with Crippen LogP contribution in [0.3, 0.4) is 0 Å². The number of nitrogens with zero attached hydrogens (tertiary/aromatic N) is 2. The maximum absolute atomic E-state index is 12.7. The molecule has 3 aromatic carbocycles. The van der Waals surface area contributed by atoms with Gasteiger partial charge in [-0.25, -0.2) is 0 Å². The second-order valence-corrected chi connectivity index (χ2v) is 6.19. The lowest BCUT2D eigenvalue weighted by Gasteiger charge is -2.09. The molecule has 0 aliphatic heterocycles. The highest BCUT2D eigenvalue weighted by Gasteiger charge is 2.09. The van der Waals surface area contributed by atoms with Crippen LogP contribution >= 0.6 is 0 Å². The van der Waals surface area contributed by atoms with E-state index in [0.29, 0.717) is 17.0 Å². The molecule has 0 aliphatic carbocycles. The Hall–Kier alpha value is -3.93. The maximum atomic E-state index is 12.7. The van der Waals surface area contributed by atoms with Crippen molar-refractivity contribution in [2.45, 2.75) is 6.92 Å². The van der Waals surface area contributed by atoms with Crippen LogP contribution < -0.4 is 16.8 Å². The van der Waals surface area contributed by atoms with Gasteiger partial charge in [0.25, 0.3) is 5.91 Å². The number of guanidine groups is 1. The third-order valence-corrected chi connectivity index (χ3v) is 4.09. The summed E-state index contributed by atoms with van der Waals surface area (Å²) < 4.78 is 0. The van der Waals surface area contributed by atoms with Crippen LogP contribution in [-0.2, 0) is 0 Å². The fourth-order valence-electron chi connectivity index (χ4n) is 2.69. The molecule has 0 unspecified atom stereocenters. The Morgan fingerprint density at radius 1 is 0.786 bits per heavy atom. The molecule has 0 aliphatic rings. The number of rotatable bonds is 5. The minimum absolute atomic E-state index is 0.109. The molecule has 6 heteroatoms. The fraction of sp³-hybridized carbons (Fsp3) is 0.0455. The van der Waals surface area contributed by atoms with E-state index in [-0.39, 0.29) is 11.9 Å². The van der Waals surface area contributed by atoms with Crippen LogP contribution in [0.4, 0.5) is 5.69 Å². The smallest absolute Gasteiger partial charge is 0.255 e. The van der Waals surface area contributed by atoms with E-state index in [1.165, 1.54) is 0 Å². The van der Waals surface area contributed by atoms with E-state index in [2.05, 4.69) is 15.5 Å². The van der Waals surface area contributed by atoms with Crippen LogP contribution in [-0.4, -0.2) is 17.6 Å². The first-order valence-electron chi connectivity index (χ1n) is 8.73. The predicted molar refractivity (Wildman–Crippen MR) is 114 cm³/mol. The van der Waals surface area contributed by atoms with Gasteiger partial charge in [-0.15, -0.1) is 5.10 Å². The molecule has 1 amide bonds. The van der Waals surface area contributed by atoms with E-state index in [4.69, 9.17) is 11.5 Å². The molecule has 0 saturated carbocycles. The molecule has 0 fully saturated rings. The zero-order valence-corrected chi connectivity index (χ0v) is 15.5. The Bertz CT molecular complexity index is 1040. The standard InChI is InChI=1S/C22H21N5O/c1-15(26-27-22(23)24)17-9-6-12-20(14-17)25-21(28)19-11-5-10-18(13-19)16-7-3-2-4-8-16/h2-14H,1H3,(H,25,28)(H4,23,24,27). The normalized spacial score (nSPS) is 11.0. The molecule has 0 saturated heterocycles. The third-order valence-electron chi connectivity index (χ3n) is 4.09. The van der Waals surface area contributed by atoms with Crippen LogP contribution in [0, 0.1) is 0 Å². The molecule has 0 radical (unpaired) electrons. The van der Waals surface area contributed by atoms with Crippen LogP contribution in [0.1, 0.15) is 22.8 Å². The Kier molecular flexibility index (Phi) is 5.81. The summed E-state index contributed by atoms with van der Waals surface area (Å²) in [5.41, 5.74) is 15.3. The highest BCUT2D eigenvalue weighted by Crippen LogP contribution is 2.21.